The fourth-order valence-corrected chi connectivity index (χ4v) is 2.65. The van der Waals surface area contributed by atoms with E-state index in [1.165, 1.54) is 30.5 Å². The number of pyridine rings is 1. The lowest BCUT2D eigenvalue weighted by Crippen LogP contribution is -2.46. The van der Waals surface area contributed by atoms with Gasteiger partial charge < -0.3 is 10.1 Å². The Balaban J connectivity index is 1.70. The molecule has 1 aliphatic heterocycles. The van der Waals surface area contributed by atoms with E-state index >= 15 is 0 Å². The number of nitrogens with one attached hydrogen (secondary N) is 3. The SMILES string of the molecule is O=C(NNC(=O)C1CCCO1)c1cccnc1Nc1cccc(C(F)(F)F)c1. The number of hydrazine groups is 1. The Morgan fingerprint density at radius 1 is 1.14 bits per heavy atom. The van der Waals surface area contributed by atoms with E-state index in [2.05, 4.69) is 21.2 Å². The van der Waals surface area contributed by atoms with Crippen LogP contribution in [0.5, 0.6) is 0 Å². The molecule has 10 heteroatoms. The quantitative estimate of drug-likeness (QED) is 0.694. The minimum atomic E-state index is -4.49. The van der Waals surface area contributed by atoms with Gasteiger partial charge in [0, 0.05) is 18.5 Å². The zero-order chi connectivity index (χ0) is 20.1. The Bertz CT molecular complexity index is 867. The number of halogens is 3. The lowest BCUT2D eigenvalue weighted by atomic mass is 10.2. The van der Waals surface area contributed by atoms with E-state index in [4.69, 9.17) is 4.74 Å². The number of alkyl halides is 3. The van der Waals surface area contributed by atoms with E-state index in [0.717, 1.165) is 18.6 Å². The van der Waals surface area contributed by atoms with E-state index in [1.807, 2.05) is 0 Å². The maximum Gasteiger partial charge on any atom is 0.416 e. The van der Waals surface area contributed by atoms with Gasteiger partial charge in [-0.1, -0.05) is 6.07 Å². The molecule has 3 rings (SSSR count). The molecule has 2 aromatic rings. The third-order valence-electron chi connectivity index (χ3n) is 4.03. The van der Waals surface area contributed by atoms with Crippen molar-refractivity contribution < 1.29 is 27.5 Å². The summed E-state index contributed by atoms with van der Waals surface area (Å²) >= 11 is 0. The highest BCUT2D eigenvalue weighted by Gasteiger charge is 2.30. The molecule has 0 aliphatic carbocycles. The van der Waals surface area contributed by atoms with Crippen LogP contribution in [0.4, 0.5) is 24.7 Å². The van der Waals surface area contributed by atoms with Gasteiger partial charge in [-0.2, -0.15) is 13.2 Å². The first kappa shape index (κ1) is 19.6. The van der Waals surface area contributed by atoms with Crippen LogP contribution in [0, 0.1) is 0 Å². The second kappa shape index (κ2) is 8.26. The van der Waals surface area contributed by atoms with E-state index < -0.39 is 29.7 Å². The summed E-state index contributed by atoms with van der Waals surface area (Å²) in [5.41, 5.74) is 3.87. The number of rotatable bonds is 4. The van der Waals surface area contributed by atoms with Crippen molar-refractivity contribution in [1.29, 1.82) is 0 Å². The monoisotopic (exact) mass is 394 g/mol. The maximum atomic E-state index is 12.9. The largest absolute Gasteiger partial charge is 0.416 e. The van der Waals surface area contributed by atoms with Crippen LogP contribution in [-0.4, -0.2) is 29.5 Å². The van der Waals surface area contributed by atoms with Crippen molar-refractivity contribution in [3.8, 4) is 0 Å². The van der Waals surface area contributed by atoms with Crippen LogP contribution < -0.4 is 16.2 Å². The average molecular weight is 394 g/mol. The lowest BCUT2D eigenvalue weighted by molar-refractivity contribution is -0.137. The van der Waals surface area contributed by atoms with Gasteiger partial charge in [-0.25, -0.2) is 4.98 Å². The Morgan fingerprint density at radius 2 is 1.96 bits per heavy atom. The number of amides is 2. The van der Waals surface area contributed by atoms with Gasteiger partial charge in [0.05, 0.1) is 11.1 Å². The molecular weight excluding hydrogens is 377 g/mol. The van der Waals surface area contributed by atoms with Crippen LogP contribution in [-0.2, 0) is 15.7 Å². The Morgan fingerprint density at radius 3 is 2.68 bits per heavy atom. The number of ether oxygens (including phenoxy) is 1. The second-order valence-electron chi connectivity index (χ2n) is 6.05. The van der Waals surface area contributed by atoms with Crippen LogP contribution in [0.1, 0.15) is 28.8 Å². The van der Waals surface area contributed by atoms with Crippen molar-refractivity contribution in [2.24, 2.45) is 0 Å². The summed E-state index contributed by atoms with van der Waals surface area (Å²) in [4.78, 5) is 28.3. The standard InChI is InChI=1S/C18H17F3N4O3/c19-18(20,21)11-4-1-5-12(10-11)23-15-13(6-2-8-22-15)16(26)24-25-17(27)14-7-3-9-28-14/h1-2,4-6,8,10,14H,3,7,9H2,(H,22,23)(H,24,26)(H,25,27). The molecule has 3 N–H and O–H groups in total. The van der Waals surface area contributed by atoms with E-state index in [1.54, 1.807) is 0 Å². The van der Waals surface area contributed by atoms with Crippen LogP contribution >= 0.6 is 0 Å². The first-order chi connectivity index (χ1) is 13.3. The number of benzene rings is 1. The predicted molar refractivity (Wildman–Crippen MR) is 93.5 cm³/mol. The first-order valence-electron chi connectivity index (χ1n) is 8.46. The summed E-state index contributed by atoms with van der Waals surface area (Å²) < 4.78 is 43.8. The summed E-state index contributed by atoms with van der Waals surface area (Å²) in [5, 5.41) is 2.70. The summed E-state index contributed by atoms with van der Waals surface area (Å²) in [5.74, 6) is -1.10. The third-order valence-corrected chi connectivity index (χ3v) is 4.03. The van der Waals surface area contributed by atoms with Gasteiger partial charge in [0.15, 0.2) is 0 Å². The van der Waals surface area contributed by atoms with Crippen LogP contribution in [0.25, 0.3) is 0 Å². The van der Waals surface area contributed by atoms with Gasteiger partial charge in [-0.15, -0.1) is 0 Å². The first-order valence-corrected chi connectivity index (χ1v) is 8.46. The summed E-state index contributed by atoms with van der Waals surface area (Å²) in [7, 11) is 0. The molecule has 1 unspecified atom stereocenters. The summed E-state index contributed by atoms with van der Waals surface area (Å²) in [6, 6.07) is 7.44. The smallest absolute Gasteiger partial charge is 0.368 e. The molecular formula is C18H17F3N4O3. The van der Waals surface area contributed by atoms with Gasteiger partial charge in [0.25, 0.3) is 11.8 Å². The van der Waals surface area contributed by atoms with Crippen molar-refractivity contribution in [2.45, 2.75) is 25.1 Å². The Kier molecular flexibility index (Phi) is 5.78. The van der Waals surface area contributed by atoms with E-state index in [0.29, 0.717) is 13.0 Å². The van der Waals surface area contributed by atoms with Crippen molar-refractivity contribution in [3.05, 3.63) is 53.7 Å². The third kappa shape index (κ3) is 4.77. The molecule has 0 saturated carbocycles. The lowest BCUT2D eigenvalue weighted by Gasteiger charge is -2.14. The fourth-order valence-electron chi connectivity index (χ4n) is 2.65. The minimum absolute atomic E-state index is 0.0469. The average Bonchev–Trinajstić information content (AvgIpc) is 3.21. The maximum absolute atomic E-state index is 12.9. The molecule has 1 saturated heterocycles. The molecule has 28 heavy (non-hydrogen) atoms. The molecule has 7 nitrogen and oxygen atoms in total. The summed E-state index contributed by atoms with van der Waals surface area (Å²) in [6.45, 7) is 0.486. The molecule has 0 radical (unpaired) electrons. The molecule has 2 heterocycles. The van der Waals surface area contributed by atoms with E-state index in [-0.39, 0.29) is 17.1 Å². The molecule has 1 fully saturated rings. The number of carbonyl (C=O) groups is 2. The Labute approximate surface area is 158 Å². The van der Waals surface area contributed by atoms with Crippen LogP contribution in [0.3, 0.4) is 0 Å². The highest BCUT2D eigenvalue weighted by Crippen LogP contribution is 2.31. The topological polar surface area (TPSA) is 92.4 Å². The van der Waals surface area contributed by atoms with Gasteiger partial charge in [0.2, 0.25) is 0 Å². The molecule has 1 atom stereocenters. The van der Waals surface area contributed by atoms with Crippen LogP contribution in [0.2, 0.25) is 0 Å². The van der Waals surface area contributed by atoms with Crippen molar-refractivity contribution >= 4 is 23.3 Å². The molecule has 1 aliphatic rings. The number of anilines is 2. The highest BCUT2D eigenvalue weighted by atomic mass is 19.4. The molecule has 1 aromatic carbocycles. The second-order valence-corrected chi connectivity index (χ2v) is 6.05. The van der Waals surface area contributed by atoms with E-state index in [9.17, 15) is 22.8 Å². The molecule has 0 bridgehead atoms. The molecule has 0 spiro atoms. The van der Waals surface area contributed by atoms with Gasteiger partial charge in [-0.3, -0.25) is 20.4 Å². The zero-order valence-corrected chi connectivity index (χ0v) is 14.5. The zero-order valence-electron chi connectivity index (χ0n) is 14.5. The number of hydrogen-bond acceptors (Lipinski definition) is 5. The summed E-state index contributed by atoms with van der Waals surface area (Å²) in [6.07, 6.45) is -2.39. The molecule has 1 aromatic heterocycles. The van der Waals surface area contributed by atoms with Gasteiger partial charge >= 0.3 is 6.18 Å². The number of nitrogens with zero attached hydrogens (tertiary/aromatic N) is 1. The fraction of sp³-hybridized carbons (Fsp3) is 0.278. The predicted octanol–water partition coefficient (Wildman–Crippen LogP) is 2.78. The van der Waals surface area contributed by atoms with Crippen molar-refractivity contribution in [3.63, 3.8) is 0 Å². The Hall–Kier alpha value is -3.14. The molecule has 148 valence electrons. The normalized spacial score (nSPS) is 16.5. The van der Waals surface area contributed by atoms with Gasteiger partial charge in [0.1, 0.15) is 11.9 Å². The number of aromatic nitrogens is 1. The van der Waals surface area contributed by atoms with Crippen molar-refractivity contribution in [2.75, 3.05) is 11.9 Å². The van der Waals surface area contributed by atoms with Gasteiger partial charge in [-0.05, 0) is 43.2 Å². The molecule has 2 amide bonds. The minimum Gasteiger partial charge on any atom is -0.368 e. The number of hydrogen-bond donors (Lipinski definition) is 3. The number of carbonyl (C=O) groups excluding carboxylic acids is 2. The van der Waals surface area contributed by atoms with Crippen molar-refractivity contribution in [1.82, 2.24) is 15.8 Å². The van der Waals surface area contributed by atoms with Crippen LogP contribution in [0.15, 0.2) is 42.6 Å². The highest BCUT2D eigenvalue weighted by molar-refractivity contribution is 6.00.